The van der Waals surface area contributed by atoms with E-state index in [-0.39, 0.29) is 5.56 Å². The minimum absolute atomic E-state index is 0.0707. The van der Waals surface area contributed by atoms with E-state index in [4.69, 9.17) is 4.74 Å². The molecule has 106 valence electrons. The quantitative estimate of drug-likeness (QED) is 0.859. The monoisotopic (exact) mass is 272 g/mol. The Labute approximate surface area is 118 Å². The maximum Gasteiger partial charge on any atom is 0.261 e. The van der Waals surface area contributed by atoms with Crippen LogP contribution in [0.5, 0.6) is 0 Å². The van der Waals surface area contributed by atoms with Gasteiger partial charge in [0.25, 0.3) is 5.56 Å². The molecular weight excluding hydrogens is 252 g/mol. The Balaban J connectivity index is 1.74. The van der Waals surface area contributed by atoms with Gasteiger partial charge in [0.2, 0.25) is 0 Å². The van der Waals surface area contributed by atoms with Gasteiger partial charge in [0.05, 0.1) is 17.2 Å². The van der Waals surface area contributed by atoms with E-state index in [2.05, 4.69) is 4.98 Å². The number of nitrogens with zero attached hydrogens (tertiary/aromatic N) is 2. The molecule has 1 fully saturated rings. The van der Waals surface area contributed by atoms with Gasteiger partial charge in [0.15, 0.2) is 0 Å². The summed E-state index contributed by atoms with van der Waals surface area (Å²) >= 11 is 0. The highest BCUT2D eigenvalue weighted by atomic mass is 16.5. The fraction of sp³-hybridized carbons (Fsp3) is 0.500. The minimum Gasteiger partial charge on any atom is -0.381 e. The van der Waals surface area contributed by atoms with Crippen LogP contribution in [-0.4, -0.2) is 22.8 Å². The molecule has 2 aromatic rings. The first kappa shape index (κ1) is 13.3. The lowest BCUT2D eigenvalue weighted by atomic mass is 10.0. The van der Waals surface area contributed by atoms with Crippen molar-refractivity contribution in [3.63, 3.8) is 0 Å². The summed E-state index contributed by atoms with van der Waals surface area (Å²) in [4.78, 5) is 16.8. The van der Waals surface area contributed by atoms with Crippen molar-refractivity contribution in [3.8, 4) is 0 Å². The summed E-state index contributed by atoms with van der Waals surface area (Å²) in [6, 6.07) is 5.82. The van der Waals surface area contributed by atoms with Gasteiger partial charge in [-0.1, -0.05) is 11.6 Å². The lowest BCUT2D eigenvalue weighted by Gasteiger charge is -2.09. The molecule has 4 heteroatoms. The van der Waals surface area contributed by atoms with Gasteiger partial charge in [0, 0.05) is 19.8 Å². The molecule has 2 heterocycles. The Morgan fingerprint density at radius 2 is 2.35 bits per heavy atom. The van der Waals surface area contributed by atoms with Crippen LogP contribution in [-0.2, 0) is 11.3 Å². The van der Waals surface area contributed by atoms with Gasteiger partial charge in [-0.3, -0.25) is 9.36 Å². The maximum atomic E-state index is 12.4. The Kier molecular flexibility index (Phi) is 3.83. The van der Waals surface area contributed by atoms with Crippen molar-refractivity contribution in [2.75, 3.05) is 13.2 Å². The van der Waals surface area contributed by atoms with Gasteiger partial charge in [0.1, 0.15) is 0 Å². The van der Waals surface area contributed by atoms with Crippen LogP contribution >= 0.6 is 0 Å². The molecule has 3 rings (SSSR count). The largest absolute Gasteiger partial charge is 0.381 e. The molecule has 1 unspecified atom stereocenters. The molecule has 1 aliphatic rings. The zero-order valence-electron chi connectivity index (χ0n) is 11.8. The predicted octanol–water partition coefficient (Wildman–Crippen LogP) is 2.52. The normalized spacial score (nSPS) is 18.8. The highest BCUT2D eigenvalue weighted by Crippen LogP contribution is 2.18. The summed E-state index contributed by atoms with van der Waals surface area (Å²) in [7, 11) is 0. The van der Waals surface area contributed by atoms with Gasteiger partial charge in [-0.2, -0.15) is 0 Å². The molecule has 0 amide bonds. The lowest BCUT2D eigenvalue weighted by Crippen LogP contribution is -2.21. The second kappa shape index (κ2) is 5.75. The molecule has 0 saturated carbocycles. The molecule has 0 bridgehead atoms. The maximum absolute atomic E-state index is 12.4. The van der Waals surface area contributed by atoms with Gasteiger partial charge >= 0.3 is 0 Å². The standard InChI is InChI=1S/C16H20N2O2/c1-12-4-5-15-14(9-12)16(19)18(11-17-15)7-2-3-13-6-8-20-10-13/h4-5,9,11,13H,2-3,6-8,10H2,1H3. The Morgan fingerprint density at radius 3 is 3.15 bits per heavy atom. The molecule has 1 saturated heterocycles. The third-order valence-corrected chi connectivity index (χ3v) is 4.01. The first-order chi connectivity index (χ1) is 9.74. The highest BCUT2D eigenvalue weighted by Gasteiger charge is 2.15. The molecule has 1 aliphatic heterocycles. The molecule has 0 aliphatic carbocycles. The van der Waals surface area contributed by atoms with Crippen LogP contribution < -0.4 is 5.56 Å². The van der Waals surface area contributed by atoms with E-state index in [0.717, 1.165) is 55.5 Å². The summed E-state index contributed by atoms with van der Waals surface area (Å²) in [5, 5.41) is 0.719. The first-order valence-corrected chi connectivity index (χ1v) is 7.27. The molecule has 1 atom stereocenters. The van der Waals surface area contributed by atoms with Crippen LogP contribution in [0.15, 0.2) is 29.3 Å². The van der Waals surface area contributed by atoms with Crippen LogP contribution in [0.1, 0.15) is 24.8 Å². The van der Waals surface area contributed by atoms with Crippen LogP contribution in [0.4, 0.5) is 0 Å². The summed E-state index contributed by atoms with van der Waals surface area (Å²) < 4.78 is 7.11. The van der Waals surface area contributed by atoms with Crippen LogP contribution in [0.3, 0.4) is 0 Å². The topological polar surface area (TPSA) is 44.1 Å². The fourth-order valence-corrected chi connectivity index (χ4v) is 2.79. The van der Waals surface area contributed by atoms with Gasteiger partial charge in [-0.05, 0) is 44.2 Å². The number of fused-ring (bicyclic) bond motifs is 1. The zero-order chi connectivity index (χ0) is 13.9. The number of rotatable bonds is 4. The summed E-state index contributed by atoms with van der Waals surface area (Å²) in [6.45, 7) is 4.51. The molecule has 1 aromatic heterocycles. The second-order valence-corrected chi connectivity index (χ2v) is 5.64. The van der Waals surface area contributed by atoms with E-state index in [9.17, 15) is 4.79 Å². The minimum atomic E-state index is 0.0707. The van der Waals surface area contributed by atoms with Crippen molar-refractivity contribution >= 4 is 10.9 Å². The predicted molar refractivity (Wildman–Crippen MR) is 78.9 cm³/mol. The first-order valence-electron chi connectivity index (χ1n) is 7.27. The third kappa shape index (κ3) is 2.75. The summed E-state index contributed by atoms with van der Waals surface area (Å²) in [6.07, 6.45) is 4.96. The average Bonchev–Trinajstić information content (AvgIpc) is 2.95. The van der Waals surface area contributed by atoms with Crippen LogP contribution in [0.25, 0.3) is 10.9 Å². The fourth-order valence-electron chi connectivity index (χ4n) is 2.79. The van der Waals surface area contributed by atoms with Gasteiger partial charge in [-0.25, -0.2) is 4.98 Å². The second-order valence-electron chi connectivity index (χ2n) is 5.64. The Morgan fingerprint density at radius 1 is 1.45 bits per heavy atom. The number of ether oxygens (including phenoxy) is 1. The number of hydrogen-bond donors (Lipinski definition) is 0. The lowest BCUT2D eigenvalue weighted by molar-refractivity contribution is 0.183. The van der Waals surface area contributed by atoms with Crippen molar-refractivity contribution in [1.82, 2.24) is 9.55 Å². The smallest absolute Gasteiger partial charge is 0.261 e. The highest BCUT2D eigenvalue weighted by molar-refractivity contribution is 5.77. The van der Waals surface area contributed by atoms with E-state index < -0.39 is 0 Å². The van der Waals surface area contributed by atoms with Crippen molar-refractivity contribution in [1.29, 1.82) is 0 Å². The molecule has 4 nitrogen and oxygen atoms in total. The van der Waals surface area contributed by atoms with E-state index in [1.165, 1.54) is 0 Å². The molecule has 0 radical (unpaired) electrons. The van der Waals surface area contributed by atoms with Crippen molar-refractivity contribution in [2.24, 2.45) is 5.92 Å². The Bertz CT molecular complexity index is 657. The number of aryl methyl sites for hydroxylation is 2. The van der Waals surface area contributed by atoms with Gasteiger partial charge in [-0.15, -0.1) is 0 Å². The van der Waals surface area contributed by atoms with Crippen molar-refractivity contribution in [2.45, 2.75) is 32.7 Å². The number of aromatic nitrogens is 2. The van der Waals surface area contributed by atoms with Gasteiger partial charge < -0.3 is 4.74 Å². The average molecular weight is 272 g/mol. The number of benzene rings is 1. The Hall–Kier alpha value is -1.68. The molecule has 1 aromatic carbocycles. The van der Waals surface area contributed by atoms with E-state index in [1.54, 1.807) is 10.9 Å². The zero-order valence-corrected chi connectivity index (χ0v) is 11.8. The third-order valence-electron chi connectivity index (χ3n) is 4.01. The van der Waals surface area contributed by atoms with Crippen molar-refractivity contribution in [3.05, 3.63) is 40.4 Å². The van der Waals surface area contributed by atoms with E-state index in [0.29, 0.717) is 5.92 Å². The summed E-state index contributed by atoms with van der Waals surface area (Å²) in [5.74, 6) is 0.668. The molecule has 0 spiro atoms. The summed E-state index contributed by atoms with van der Waals surface area (Å²) in [5.41, 5.74) is 1.94. The van der Waals surface area contributed by atoms with E-state index in [1.807, 2.05) is 25.1 Å². The van der Waals surface area contributed by atoms with Crippen molar-refractivity contribution < 1.29 is 4.74 Å². The SMILES string of the molecule is Cc1ccc2ncn(CCCC3CCOC3)c(=O)c2c1. The van der Waals surface area contributed by atoms with Crippen LogP contribution in [0, 0.1) is 12.8 Å². The molecular formula is C16H20N2O2. The van der Waals surface area contributed by atoms with Crippen LogP contribution in [0.2, 0.25) is 0 Å². The molecule has 0 N–H and O–H groups in total. The number of hydrogen-bond acceptors (Lipinski definition) is 3. The van der Waals surface area contributed by atoms with E-state index >= 15 is 0 Å². The molecule has 20 heavy (non-hydrogen) atoms.